The molecule has 0 bridgehead atoms. The van der Waals surface area contributed by atoms with Gasteiger partial charge < -0.3 is 15.4 Å². The molecule has 1 heterocycles. The van der Waals surface area contributed by atoms with E-state index in [9.17, 15) is 0 Å². The van der Waals surface area contributed by atoms with Crippen molar-refractivity contribution < 1.29 is 4.74 Å². The summed E-state index contributed by atoms with van der Waals surface area (Å²) in [6.07, 6.45) is 3.54. The summed E-state index contributed by atoms with van der Waals surface area (Å²) >= 11 is 0. The molecule has 2 N–H and O–H groups in total. The molecule has 0 spiro atoms. The molecule has 3 heteroatoms. The molecule has 2 atom stereocenters. The molecular formula is C12H26N2O. The van der Waals surface area contributed by atoms with E-state index in [0.717, 1.165) is 32.1 Å². The van der Waals surface area contributed by atoms with E-state index in [1.165, 1.54) is 12.8 Å². The standard InChI is InChI=1S/C12H26N2O/c1-10(4-7-13)12(14(2)3)11-5-8-15-9-6-11/h10-12H,4-9,13H2,1-3H3. The van der Waals surface area contributed by atoms with Gasteiger partial charge in [-0.2, -0.15) is 0 Å². The molecule has 0 saturated carbocycles. The fourth-order valence-corrected chi connectivity index (χ4v) is 2.89. The summed E-state index contributed by atoms with van der Waals surface area (Å²) in [5.74, 6) is 1.48. The van der Waals surface area contributed by atoms with Gasteiger partial charge in [-0.15, -0.1) is 0 Å². The first-order chi connectivity index (χ1) is 7.16. The summed E-state index contributed by atoms with van der Waals surface area (Å²) in [7, 11) is 4.38. The van der Waals surface area contributed by atoms with Crippen LogP contribution >= 0.6 is 0 Å². The maximum absolute atomic E-state index is 5.65. The van der Waals surface area contributed by atoms with Gasteiger partial charge in [0.25, 0.3) is 0 Å². The molecule has 1 saturated heterocycles. The fraction of sp³-hybridized carbons (Fsp3) is 1.00. The number of nitrogens with two attached hydrogens (primary N) is 1. The van der Waals surface area contributed by atoms with Crippen LogP contribution in [-0.2, 0) is 4.74 Å². The summed E-state index contributed by atoms with van der Waals surface area (Å²) < 4.78 is 5.43. The van der Waals surface area contributed by atoms with Gasteiger partial charge in [0.15, 0.2) is 0 Å². The van der Waals surface area contributed by atoms with Crippen molar-refractivity contribution in [2.75, 3.05) is 33.9 Å². The van der Waals surface area contributed by atoms with Gasteiger partial charge in [0.1, 0.15) is 0 Å². The van der Waals surface area contributed by atoms with E-state index < -0.39 is 0 Å². The van der Waals surface area contributed by atoms with Crippen molar-refractivity contribution in [2.45, 2.75) is 32.2 Å². The highest BCUT2D eigenvalue weighted by molar-refractivity contribution is 4.82. The van der Waals surface area contributed by atoms with Crippen LogP contribution in [0.15, 0.2) is 0 Å². The first-order valence-corrected chi connectivity index (χ1v) is 6.11. The summed E-state index contributed by atoms with van der Waals surface area (Å²) in [5, 5.41) is 0. The van der Waals surface area contributed by atoms with Gasteiger partial charge >= 0.3 is 0 Å². The molecule has 2 unspecified atom stereocenters. The molecule has 0 aromatic heterocycles. The number of ether oxygens (including phenoxy) is 1. The smallest absolute Gasteiger partial charge is 0.0469 e. The average Bonchev–Trinajstić information content (AvgIpc) is 2.19. The minimum Gasteiger partial charge on any atom is -0.381 e. The predicted molar refractivity (Wildman–Crippen MR) is 63.9 cm³/mol. The van der Waals surface area contributed by atoms with Crippen molar-refractivity contribution in [1.29, 1.82) is 0 Å². The summed E-state index contributed by atoms with van der Waals surface area (Å²) in [4.78, 5) is 2.37. The third kappa shape index (κ3) is 3.74. The lowest BCUT2D eigenvalue weighted by molar-refractivity contribution is 0.0221. The zero-order valence-corrected chi connectivity index (χ0v) is 10.4. The topological polar surface area (TPSA) is 38.5 Å². The molecule has 15 heavy (non-hydrogen) atoms. The lowest BCUT2D eigenvalue weighted by Crippen LogP contribution is -2.43. The second-order valence-corrected chi connectivity index (χ2v) is 4.96. The highest BCUT2D eigenvalue weighted by atomic mass is 16.5. The zero-order chi connectivity index (χ0) is 11.3. The molecule has 1 rings (SSSR count). The Morgan fingerprint density at radius 2 is 1.93 bits per heavy atom. The minimum atomic E-state index is 0.664. The number of rotatable bonds is 5. The molecular weight excluding hydrogens is 188 g/mol. The van der Waals surface area contributed by atoms with Gasteiger partial charge in [0.05, 0.1) is 0 Å². The predicted octanol–water partition coefficient (Wildman–Crippen LogP) is 1.33. The second-order valence-electron chi connectivity index (χ2n) is 4.96. The van der Waals surface area contributed by atoms with Crippen LogP contribution in [-0.4, -0.2) is 44.8 Å². The first-order valence-electron chi connectivity index (χ1n) is 6.11. The molecule has 1 aliphatic rings. The Hall–Kier alpha value is -0.120. The zero-order valence-electron chi connectivity index (χ0n) is 10.4. The molecule has 1 aliphatic heterocycles. The van der Waals surface area contributed by atoms with Crippen molar-refractivity contribution in [3.63, 3.8) is 0 Å². The van der Waals surface area contributed by atoms with E-state index in [1.807, 2.05) is 0 Å². The molecule has 0 radical (unpaired) electrons. The lowest BCUT2D eigenvalue weighted by Gasteiger charge is -2.38. The van der Waals surface area contributed by atoms with Crippen LogP contribution < -0.4 is 5.73 Å². The average molecular weight is 214 g/mol. The Kier molecular flexibility index (Phi) is 5.58. The number of hydrogen-bond acceptors (Lipinski definition) is 3. The van der Waals surface area contributed by atoms with E-state index in [4.69, 9.17) is 10.5 Å². The van der Waals surface area contributed by atoms with Gasteiger partial charge in [-0.05, 0) is 51.7 Å². The molecule has 1 fully saturated rings. The molecule has 0 aliphatic carbocycles. The fourth-order valence-electron chi connectivity index (χ4n) is 2.89. The maximum atomic E-state index is 5.65. The van der Waals surface area contributed by atoms with Crippen LogP contribution in [0.25, 0.3) is 0 Å². The van der Waals surface area contributed by atoms with Crippen molar-refractivity contribution >= 4 is 0 Å². The van der Waals surface area contributed by atoms with Crippen LogP contribution in [0.4, 0.5) is 0 Å². The number of nitrogens with zero attached hydrogens (tertiary/aromatic N) is 1. The van der Waals surface area contributed by atoms with Crippen molar-refractivity contribution in [1.82, 2.24) is 4.90 Å². The van der Waals surface area contributed by atoms with Gasteiger partial charge in [-0.1, -0.05) is 6.92 Å². The molecule has 0 aromatic rings. The Morgan fingerprint density at radius 3 is 2.40 bits per heavy atom. The number of hydrogen-bond donors (Lipinski definition) is 1. The van der Waals surface area contributed by atoms with Crippen LogP contribution in [0.2, 0.25) is 0 Å². The summed E-state index contributed by atoms with van der Waals surface area (Å²) in [6.45, 7) is 5.00. The van der Waals surface area contributed by atoms with Crippen LogP contribution in [0.1, 0.15) is 26.2 Å². The normalized spacial score (nSPS) is 23.0. The summed E-state index contributed by atoms with van der Waals surface area (Å²) in [5.41, 5.74) is 5.65. The van der Waals surface area contributed by atoms with E-state index >= 15 is 0 Å². The van der Waals surface area contributed by atoms with Gasteiger partial charge in [-0.3, -0.25) is 0 Å². The van der Waals surface area contributed by atoms with E-state index in [2.05, 4.69) is 25.9 Å². The third-order valence-electron chi connectivity index (χ3n) is 3.55. The molecule has 3 nitrogen and oxygen atoms in total. The SMILES string of the molecule is CC(CCN)C(C1CCOCC1)N(C)C. The van der Waals surface area contributed by atoms with Crippen molar-refractivity contribution in [3.05, 3.63) is 0 Å². The van der Waals surface area contributed by atoms with Gasteiger partial charge in [0, 0.05) is 19.3 Å². The van der Waals surface area contributed by atoms with Gasteiger partial charge in [0.2, 0.25) is 0 Å². The Morgan fingerprint density at radius 1 is 1.33 bits per heavy atom. The Bertz CT molecular complexity index is 167. The van der Waals surface area contributed by atoms with E-state index in [1.54, 1.807) is 0 Å². The largest absolute Gasteiger partial charge is 0.381 e. The highest BCUT2D eigenvalue weighted by Crippen LogP contribution is 2.27. The molecule has 90 valence electrons. The molecule has 0 aromatic carbocycles. The van der Waals surface area contributed by atoms with E-state index in [0.29, 0.717) is 12.0 Å². The van der Waals surface area contributed by atoms with Crippen LogP contribution in [0.3, 0.4) is 0 Å². The van der Waals surface area contributed by atoms with E-state index in [-0.39, 0.29) is 0 Å². The summed E-state index contributed by atoms with van der Waals surface area (Å²) in [6, 6.07) is 0.664. The minimum absolute atomic E-state index is 0.664. The Balaban J connectivity index is 2.54. The Labute approximate surface area is 94.0 Å². The monoisotopic (exact) mass is 214 g/mol. The van der Waals surface area contributed by atoms with Crippen molar-refractivity contribution in [2.24, 2.45) is 17.6 Å². The highest BCUT2D eigenvalue weighted by Gasteiger charge is 2.29. The second kappa shape index (κ2) is 6.46. The van der Waals surface area contributed by atoms with Crippen LogP contribution in [0.5, 0.6) is 0 Å². The first kappa shape index (κ1) is 12.9. The lowest BCUT2D eigenvalue weighted by atomic mass is 9.82. The quantitative estimate of drug-likeness (QED) is 0.750. The maximum Gasteiger partial charge on any atom is 0.0469 e. The third-order valence-corrected chi connectivity index (χ3v) is 3.55. The van der Waals surface area contributed by atoms with Crippen molar-refractivity contribution in [3.8, 4) is 0 Å². The van der Waals surface area contributed by atoms with Gasteiger partial charge in [-0.25, -0.2) is 0 Å². The van der Waals surface area contributed by atoms with Crippen LogP contribution in [0, 0.1) is 11.8 Å². The molecule has 0 amide bonds.